The molecule has 4 rings (SSSR count). The molecule has 2 aromatic carbocycles. The molecule has 8 heteroatoms. The Bertz CT molecular complexity index is 1130. The minimum absolute atomic E-state index is 0.0893. The van der Waals surface area contributed by atoms with Gasteiger partial charge in [-0.25, -0.2) is 4.98 Å². The molecule has 1 aliphatic heterocycles. The van der Waals surface area contributed by atoms with E-state index in [9.17, 15) is 9.59 Å². The summed E-state index contributed by atoms with van der Waals surface area (Å²) in [5.41, 5.74) is 1.47. The van der Waals surface area contributed by atoms with Gasteiger partial charge >= 0.3 is 0 Å². The van der Waals surface area contributed by atoms with E-state index in [1.807, 2.05) is 43.3 Å². The van der Waals surface area contributed by atoms with Crippen LogP contribution in [0.15, 0.2) is 52.4 Å². The fraction of sp³-hybridized carbons (Fsp3) is 0.286. The van der Waals surface area contributed by atoms with Gasteiger partial charge in [-0.3, -0.25) is 14.2 Å². The van der Waals surface area contributed by atoms with Crippen LogP contribution >= 0.6 is 11.8 Å². The number of hydrogen-bond donors (Lipinski definition) is 1. The summed E-state index contributed by atoms with van der Waals surface area (Å²) >= 11 is 1.28. The van der Waals surface area contributed by atoms with E-state index in [1.54, 1.807) is 17.6 Å². The molecule has 0 bridgehead atoms. The summed E-state index contributed by atoms with van der Waals surface area (Å²) in [6, 6.07) is 12.8. The highest BCUT2D eigenvalue weighted by Gasteiger charge is 2.19. The topological polar surface area (TPSA) is 82.5 Å². The maximum absolute atomic E-state index is 12.7. The van der Waals surface area contributed by atoms with Crippen molar-refractivity contribution in [2.75, 3.05) is 6.79 Å². The van der Waals surface area contributed by atoms with E-state index in [4.69, 9.17) is 9.47 Å². The maximum Gasteiger partial charge on any atom is 0.262 e. The van der Waals surface area contributed by atoms with Gasteiger partial charge in [0.15, 0.2) is 16.7 Å². The molecule has 1 aromatic heterocycles. The van der Waals surface area contributed by atoms with Crippen LogP contribution in [0.1, 0.15) is 19.4 Å². The average molecular weight is 411 g/mol. The second-order valence-electron chi connectivity index (χ2n) is 6.63. The van der Waals surface area contributed by atoms with Gasteiger partial charge in [0.2, 0.25) is 12.7 Å². The molecule has 0 fully saturated rings. The zero-order valence-corrected chi connectivity index (χ0v) is 17.0. The van der Waals surface area contributed by atoms with Gasteiger partial charge in [-0.2, -0.15) is 0 Å². The summed E-state index contributed by atoms with van der Waals surface area (Å²) in [5, 5.41) is 3.65. The van der Waals surface area contributed by atoms with Gasteiger partial charge < -0.3 is 14.8 Å². The number of amides is 1. The molecular formula is C21H21N3O4S. The lowest BCUT2D eigenvalue weighted by Crippen LogP contribution is -2.31. The minimum Gasteiger partial charge on any atom is -0.454 e. The van der Waals surface area contributed by atoms with Crippen LogP contribution in [0, 0.1) is 0 Å². The van der Waals surface area contributed by atoms with Crippen molar-refractivity contribution < 1.29 is 14.3 Å². The van der Waals surface area contributed by atoms with Crippen molar-refractivity contribution in [2.45, 2.75) is 37.3 Å². The largest absolute Gasteiger partial charge is 0.454 e. The molecule has 7 nitrogen and oxygen atoms in total. The standard InChI is InChI=1S/C21H21N3O4S/c1-3-24-20(26)15-6-4-5-7-16(15)23-21(24)29-13(2)19(25)22-11-14-8-9-17-18(10-14)28-12-27-17/h4-10,13H,3,11-12H2,1-2H3,(H,22,25)/t13-/m1/s1. The van der Waals surface area contributed by atoms with Gasteiger partial charge in [0.05, 0.1) is 16.2 Å². The predicted molar refractivity (Wildman–Crippen MR) is 111 cm³/mol. The summed E-state index contributed by atoms with van der Waals surface area (Å²) in [6.07, 6.45) is 0. The Kier molecular flexibility index (Phi) is 5.44. The Balaban J connectivity index is 1.46. The van der Waals surface area contributed by atoms with Crippen LogP contribution in [0.5, 0.6) is 11.5 Å². The average Bonchev–Trinajstić information content (AvgIpc) is 3.20. The van der Waals surface area contributed by atoms with Gasteiger partial charge in [0.25, 0.3) is 5.56 Å². The lowest BCUT2D eigenvalue weighted by molar-refractivity contribution is -0.120. The van der Waals surface area contributed by atoms with Crippen molar-refractivity contribution in [3.63, 3.8) is 0 Å². The molecule has 0 saturated carbocycles. The Hall–Kier alpha value is -3.00. The normalized spacial score (nSPS) is 13.4. The molecule has 3 aromatic rings. The van der Waals surface area contributed by atoms with Gasteiger partial charge in [-0.1, -0.05) is 30.0 Å². The third-order valence-electron chi connectivity index (χ3n) is 4.70. The van der Waals surface area contributed by atoms with Gasteiger partial charge in [0, 0.05) is 13.1 Å². The van der Waals surface area contributed by atoms with E-state index < -0.39 is 5.25 Å². The van der Waals surface area contributed by atoms with Crippen molar-refractivity contribution in [1.29, 1.82) is 0 Å². The molecule has 0 spiro atoms. The third-order valence-corrected chi connectivity index (χ3v) is 5.79. The molecule has 1 atom stereocenters. The first kappa shape index (κ1) is 19.3. The SMILES string of the molecule is CCn1c(S[C@H](C)C(=O)NCc2ccc3c(c2)OCO3)nc2ccccc2c1=O. The van der Waals surface area contributed by atoms with Crippen molar-refractivity contribution in [3.8, 4) is 11.5 Å². The van der Waals surface area contributed by atoms with E-state index in [1.165, 1.54) is 11.8 Å². The van der Waals surface area contributed by atoms with E-state index in [-0.39, 0.29) is 18.3 Å². The smallest absolute Gasteiger partial charge is 0.262 e. The Morgan fingerprint density at radius 1 is 1.24 bits per heavy atom. The van der Waals surface area contributed by atoms with Crippen LogP contribution in [-0.4, -0.2) is 27.5 Å². The van der Waals surface area contributed by atoms with E-state index in [0.29, 0.717) is 40.6 Å². The quantitative estimate of drug-likeness (QED) is 0.496. The Morgan fingerprint density at radius 2 is 2.03 bits per heavy atom. The van der Waals surface area contributed by atoms with Crippen LogP contribution < -0.4 is 20.3 Å². The van der Waals surface area contributed by atoms with E-state index in [2.05, 4.69) is 10.3 Å². The van der Waals surface area contributed by atoms with Crippen molar-refractivity contribution in [1.82, 2.24) is 14.9 Å². The number of hydrogen-bond acceptors (Lipinski definition) is 6. The highest BCUT2D eigenvalue weighted by molar-refractivity contribution is 8.00. The van der Waals surface area contributed by atoms with E-state index >= 15 is 0 Å². The van der Waals surface area contributed by atoms with Gasteiger partial charge in [0.1, 0.15) is 0 Å². The van der Waals surface area contributed by atoms with Crippen LogP contribution in [0.25, 0.3) is 10.9 Å². The zero-order chi connectivity index (χ0) is 20.4. The number of rotatable bonds is 6. The molecule has 1 amide bonds. The zero-order valence-electron chi connectivity index (χ0n) is 16.2. The molecule has 2 heterocycles. The summed E-state index contributed by atoms with van der Waals surface area (Å²) in [7, 11) is 0. The first-order chi connectivity index (χ1) is 14.1. The number of fused-ring (bicyclic) bond motifs is 2. The summed E-state index contributed by atoms with van der Waals surface area (Å²) in [4.78, 5) is 29.9. The first-order valence-electron chi connectivity index (χ1n) is 9.39. The molecule has 1 aliphatic rings. The summed E-state index contributed by atoms with van der Waals surface area (Å²) in [5.74, 6) is 1.27. The number of ether oxygens (including phenoxy) is 2. The lowest BCUT2D eigenvalue weighted by Gasteiger charge is -2.15. The molecule has 0 unspecified atom stereocenters. The number of aromatic nitrogens is 2. The molecule has 29 heavy (non-hydrogen) atoms. The number of nitrogens with one attached hydrogen (secondary N) is 1. The number of thioether (sulfide) groups is 1. The molecule has 1 N–H and O–H groups in total. The van der Waals surface area contributed by atoms with Crippen molar-refractivity contribution in [2.24, 2.45) is 0 Å². The Morgan fingerprint density at radius 3 is 2.86 bits per heavy atom. The van der Waals surface area contributed by atoms with Crippen LogP contribution in [0.3, 0.4) is 0 Å². The molecule has 0 aliphatic carbocycles. The minimum atomic E-state index is -0.408. The predicted octanol–water partition coefficient (Wildman–Crippen LogP) is 2.94. The third kappa shape index (κ3) is 3.93. The van der Waals surface area contributed by atoms with Crippen LogP contribution in [-0.2, 0) is 17.9 Å². The maximum atomic E-state index is 12.7. The number of para-hydroxylation sites is 1. The Labute approximate surface area is 172 Å². The van der Waals surface area contributed by atoms with Crippen LogP contribution in [0.4, 0.5) is 0 Å². The van der Waals surface area contributed by atoms with Crippen LogP contribution in [0.2, 0.25) is 0 Å². The molecule has 0 radical (unpaired) electrons. The monoisotopic (exact) mass is 411 g/mol. The second-order valence-corrected chi connectivity index (χ2v) is 7.93. The number of carbonyl (C=O) groups excluding carboxylic acids is 1. The van der Waals surface area contributed by atoms with Gasteiger partial charge in [-0.05, 0) is 43.7 Å². The number of carbonyl (C=O) groups is 1. The lowest BCUT2D eigenvalue weighted by atomic mass is 10.2. The molecule has 150 valence electrons. The summed E-state index contributed by atoms with van der Waals surface area (Å²) in [6.45, 7) is 4.79. The first-order valence-corrected chi connectivity index (χ1v) is 10.3. The number of benzene rings is 2. The number of nitrogens with zero attached hydrogens (tertiary/aromatic N) is 2. The van der Waals surface area contributed by atoms with Crippen molar-refractivity contribution in [3.05, 3.63) is 58.4 Å². The van der Waals surface area contributed by atoms with E-state index in [0.717, 1.165) is 5.56 Å². The fourth-order valence-corrected chi connectivity index (χ4v) is 4.11. The van der Waals surface area contributed by atoms with Gasteiger partial charge in [-0.15, -0.1) is 0 Å². The second kappa shape index (κ2) is 8.16. The highest BCUT2D eigenvalue weighted by atomic mass is 32.2. The highest BCUT2D eigenvalue weighted by Crippen LogP contribution is 2.32. The molecule has 0 saturated heterocycles. The molecular weight excluding hydrogens is 390 g/mol. The fourth-order valence-electron chi connectivity index (χ4n) is 3.11. The summed E-state index contributed by atoms with van der Waals surface area (Å²) < 4.78 is 12.3. The van der Waals surface area contributed by atoms with Crippen molar-refractivity contribution >= 4 is 28.6 Å².